The predicted octanol–water partition coefficient (Wildman–Crippen LogP) is 0.736. The highest BCUT2D eigenvalue weighted by Crippen LogP contribution is 2.10. The lowest BCUT2D eigenvalue weighted by molar-refractivity contribution is -0.156. The van der Waals surface area contributed by atoms with E-state index >= 15 is 0 Å². The van der Waals surface area contributed by atoms with E-state index in [0.29, 0.717) is 5.02 Å². The summed E-state index contributed by atoms with van der Waals surface area (Å²) in [6, 6.07) is 6.77. The predicted molar refractivity (Wildman–Crippen MR) is 54.3 cm³/mol. The largest absolute Gasteiger partial charge is 0.459 e. The van der Waals surface area contributed by atoms with Gasteiger partial charge in [0.15, 0.2) is 6.10 Å². The fourth-order valence-electron chi connectivity index (χ4n) is 0.906. The number of aliphatic hydroxyl groups excluding tert-OH is 2. The minimum absolute atomic E-state index is 0.0487. The number of esters is 1. The van der Waals surface area contributed by atoms with Crippen LogP contribution in [0.1, 0.15) is 5.56 Å². The van der Waals surface area contributed by atoms with Gasteiger partial charge in [-0.05, 0) is 17.7 Å². The standard InChI is InChI=1S/C10H11ClO4/c11-8-3-1-7(2-4-8)6-15-10(14)9(13)5-12/h1-4,9,12-13H,5-6H2. The lowest BCUT2D eigenvalue weighted by Crippen LogP contribution is -2.26. The normalized spacial score (nSPS) is 12.2. The average Bonchev–Trinajstić information content (AvgIpc) is 2.26. The van der Waals surface area contributed by atoms with Crippen molar-refractivity contribution in [2.75, 3.05) is 6.61 Å². The first-order valence-corrected chi connectivity index (χ1v) is 4.71. The molecule has 0 aromatic heterocycles. The van der Waals surface area contributed by atoms with Gasteiger partial charge in [-0.3, -0.25) is 0 Å². The van der Waals surface area contributed by atoms with Crippen LogP contribution in [0.5, 0.6) is 0 Å². The van der Waals surface area contributed by atoms with Gasteiger partial charge < -0.3 is 14.9 Å². The highest BCUT2D eigenvalue weighted by molar-refractivity contribution is 6.30. The third-order valence-corrected chi connectivity index (χ3v) is 1.99. The van der Waals surface area contributed by atoms with Crippen molar-refractivity contribution in [3.05, 3.63) is 34.9 Å². The molecule has 1 aromatic carbocycles. The SMILES string of the molecule is O=C(OCc1ccc(Cl)cc1)C(O)CO. The van der Waals surface area contributed by atoms with Gasteiger partial charge in [0, 0.05) is 5.02 Å². The molecule has 4 nitrogen and oxygen atoms in total. The Balaban J connectivity index is 2.43. The summed E-state index contributed by atoms with van der Waals surface area (Å²) in [5.41, 5.74) is 0.762. The number of ether oxygens (including phenoxy) is 1. The van der Waals surface area contributed by atoms with Gasteiger partial charge in [0.1, 0.15) is 6.61 Å². The van der Waals surface area contributed by atoms with E-state index in [1.807, 2.05) is 0 Å². The van der Waals surface area contributed by atoms with Crippen LogP contribution in [-0.2, 0) is 16.1 Å². The van der Waals surface area contributed by atoms with Crippen LogP contribution < -0.4 is 0 Å². The maximum Gasteiger partial charge on any atom is 0.337 e. The van der Waals surface area contributed by atoms with Crippen molar-refractivity contribution in [1.82, 2.24) is 0 Å². The molecule has 0 radical (unpaired) electrons. The number of hydrogen-bond acceptors (Lipinski definition) is 4. The summed E-state index contributed by atoms with van der Waals surface area (Å²) in [5.74, 6) is -0.840. The molecular formula is C10H11ClO4. The number of rotatable bonds is 4. The molecule has 1 aromatic rings. The molecule has 2 N–H and O–H groups in total. The van der Waals surface area contributed by atoms with Gasteiger partial charge in [-0.25, -0.2) is 4.79 Å². The van der Waals surface area contributed by atoms with E-state index < -0.39 is 18.7 Å². The fourth-order valence-corrected chi connectivity index (χ4v) is 1.03. The van der Waals surface area contributed by atoms with Crippen molar-refractivity contribution in [2.24, 2.45) is 0 Å². The van der Waals surface area contributed by atoms with Crippen molar-refractivity contribution >= 4 is 17.6 Å². The molecule has 1 atom stereocenters. The Kier molecular flexibility index (Phi) is 4.55. The molecule has 0 aliphatic carbocycles. The van der Waals surface area contributed by atoms with Crippen LogP contribution in [0.4, 0.5) is 0 Å². The summed E-state index contributed by atoms with van der Waals surface area (Å²) in [6.45, 7) is -0.591. The monoisotopic (exact) mass is 230 g/mol. The maximum atomic E-state index is 11.0. The van der Waals surface area contributed by atoms with Crippen molar-refractivity contribution in [2.45, 2.75) is 12.7 Å². The zero-order chi connectivity index (χ0) is 11.3. The third-order valence-electron chi connectivity index (χ3n) is 1.74. The lowest BCUT2D eigenvalue weighted by atomic mass is 10.2. The fraction of sp³-hybridized carbons (Fsp3) is 0.300. The van der Waals surface area contributed by atoms with Crippen LogP contribution in [0.15, 0.2) is 24.3 Å². The molecule has 82 valence electrons. The Bertz CT molecular complexity index is 323. The number of aliphatic hydroxyl groups is 2. The number of carbonyl (C=O) groups is 1. The lowest BCUT2D eigenvalue weighted by Gasteiger charge is -2.07. The molecule has 0 aliphatic heterocycles. The molecule has 1 unspecified atom stereocenters. The van der Waals surface area contributed by atoms with Gasteiger partial charge in [-0.1, -0.05) is 23.7 Å². The average molecular weight is 231 g/mol. The molecule has 0 amide bonds. The van der Waals surface area contributed by atoms with Crippen LogP contribution in [0.3, 0.4) is 0 Å². The second-order valence-electron chi connectivity index (χ2n) is 2.93. The topological polar surface area (TPSA) is 66.8 Å². The molecule has 0 saturated carbocycles. The van der Waals surface area contributed by atoms with Crippen molar-refractivity contribution in [3.8, 4) is 0 Å². The quantitative estimate of drug-likeness (QED) is 0.749. The smallest absolute Gasteiger partial charge is 0.337 e. The summed E-state index contributed by atoms with van der Waals surface area (Å²) < 4.78 is 4.73. The number of benzene rings is 1. The van der Waals surface area contributed by atoms with E-state index in [0.717, 1.165) is 5.56 Å². The van der Waals surface area contributed by atoms with Gasteiger partial charge in [0.2, 0.25) is 0 Å². The minimum Gasteiger partial charge on any atom is -0.459 e. The third kappa shape index (κ3) is 3.87. The first kappa shape index (κ1) is 12.0. The molecule has 5 heteroatoms. The van der Waals surface area contributed by atoms with E-state index in [9.17, 15) is 4.79 Å². The molecule has 0 saturated heterocycles. The van der Waals surface area contributed by atoms with Crippen LogP contribution in [-0.4, -0.2) is 28.9 Å². The van der Waals surface area contributed by atoms with E-state index in [1.54, 1.807) is 24.3 Å². The van der Waals surface area contributed by atoms with Crippen LogP contribution in [0.25, 0.3) is 0 Å². The molecule has 1 rings (SSSR count). The summed E-state index contributed by atoms with van der Waals surface area (Å²) in [5, 5.41) is 18.0. The van der Waals surface area contributed by atoms with Crippen LogP contribution in [0, 0.1) is 0 Å². The van der Waals surface area contributed by atoms with Gasteiger partial charge >= 0.3 is 5.97 Å². The molecule has 0 heterocycles. The Morgan fingerprint density at radius 3 is 2.53 bits per heavy atom. The van der Waals surface area contributed by atoms with Crippen LogP contribution in [0.2, 0.25) is 5.02 Å². The van der Waals surface area contributed by atoms with Crippen molar-refractivity contribution in [3.63, 3.8) is 0 Å². The second-order valence-corrected chi connectivity index (χ2v) is 3.37. The highest BCUT2D eigenvalue weighted by Gasteiger charge is 2.14. The van der Waals surface area contributed by atoms with Gasteiger partial charge in [-0.15, -0.1) is 0 Å². The van der Waals surface area contributed by atoms with Crippen LogP contribution >= 0.6 is 11.6 Å². The van der Waals surface area contributed by atoms with E-state index in [-0.39, 0.29) is 6.61 Å². The Hall–Kier alpha value is -1.10. The summed E-state index contributed by atoms with van der Waals surface area (Å²) in [6.07, 6.45) is -1.47. The summed E-state index contributed by atoms with van der Waals surface area (Å²) in [7, 11) is 0. The highest BCUT2D eigenvalue weighted by atomic mass is 35.5. The van der Waals surface area contributed by atoms with Crippen molar-refractivity contribution in [1.29, 1.82) is 0 Å². The molecule has 0 bridgehead atoms. The van der Waals surface area contributed by atoms with E-state index in [1.165, 1.54) is 0 Å². The number of hydrogen-bond donors (Lipinski definition) is 2. The van der Waals surface area contributed by atoms with Gasteiger partial charge in [-0.2, -0.15) is 0 Å². The molecule has 15 heavy (non-hydrogen) atoms. The van der Waals surface area contributed by atoms with Gasteiger partial charge in [0.25, 0.3) is 0 Å². The maximum absolute atomic E-state index is 11.0. The first-order chi connectivity index (χ1) is 7.13. The van der Waals surface area contributed by atoms with E-state index in [4.69, 9.17) is 26.6 Å². The summed E-state index contributed by atoms with van der Waals surface area (Å²) in [4.78, 5) is 11.0. The minimum atomic E-state index is -1.47. The molecule has 0 aliphatic rings. The molecule has 0 spiro atoms. The second kappa shape index (κ2) is 5.70. The summed E-state index contributed by atoms with van der Waals surface area (Å²) >= 11 is 5.67. The first-order valence-electron chi connectivity index (χ1n) is 4.33. The number of halogens is 1. The van der Waals surface area contributed by atoms with E-state index in [2.05, 4.69) is 0 Å². The Labute approximate surface area is 92.1 Å². The number of carbonyl (C=O) groups excluding carboxylic acids is 1. The van der Waals surface area contributed by atoms with Crippen molar-refractivity contribution < 1.29 is 19.7 Å². The Morgan fingerprint density at radius 2 is 2.00 bits per heavy atom. The molecular weight excluding hydrogens is 220 g/mol. The van der Waals surface area contributed by atoms with Gasteiger partial charge in [0.05, 0.1) is 6.61 Å². The Morgan fingerprint density at radius 1 is 1.40 bits per heavy atom. The zero-order valence-electron chi connectivity index (χ0n) is 7.89. The zero-order valence-corrected chi connectivity index (χ0v) is 8.65. The molecule has 0 fully saturated rings.